The lowest BCUT2D eigenvalue weighted by atomic mass is 9.80. The molecule has 2 heterocycles. The van der Waals surface area contributed by atoms with Crippen LogP contribution in [0.4, 0.5) is 8.78 Å². The van der Waals surface area contributed by atoms with Crippen LogP contribution in [0.1, 0.15) is 69.7 Å². The smallest absolute Gasteiger partial charge is 0.226 e. The number of nitrogens with zero attached hydrogens (tertiary/aromatic N) is 1. The Hall–Kier alpha value is -2.96. The number of H-pyrrole nitrogens is 1. The van der Waals surface area contributed by atoms with Crippen molar-refractivity contribution in [3.63, 3.8) is 0 Å². The molecule has 1 aliphatic heterocycles. The van der Waals surface area contributed by atoms with Gasteiger partial charge < -0.3 is 20.0 Å². The van der Waals surface area contributed by atoms with Crippen LogP contribution in [0.15, 0.2) is 43.1 Å². The summed E-state index contributed by atoms with van der Waals surface area (Å²) in [4.78, 5) is 18.0. The minimum Gasteiger partial charge on any atom is -0.489 e. The summed E-state index contributed by atoms with van der Waals surface area (Å²) in [6.07, 6.45) is 8.03. The summed E-state index contributed by atoms with van der Waals surface area (Å²) in [6.45, 7) is 7.98. The van der Waals surface area contributed by atoms with Crippen LogP contribution in [0.5, 0.6) is 0 Å². The summed E-state index contributed by atoms with van der Waals surface area (Å²) >= 11 is 0. The van der Waals surface area contributed by atoms with Gasteiger partial charge in [-0.1, -0.05) is 19.9 Å². The monoisotopic (exact) mass is 457 g/mol. The number of nitrogens with one attached hydrogen (secondary N) is 2. The first-order chi connectivity index (χ1) is 15.8. The number of rotatable bonds is 7. The lowest BCUT2D eigenvalue weighted by molar-refractivity contribution is -0.145. The third kappa shape index (κ3) is 6.09. The summed E-state index contributed by atoms with van der Waals surface area (Å²) in [5.74, 6) is -0.722. The highest BCUT2D eigenvalue weighted by atomic mass is 19.1. The quantitative estimate of drug-likeness (QED) is 0.381. The van der Waals surface area contributed by atoms with Gasteiger partial charge >= 0.3 is 0 Å². The van der Waals surface area contributed by atoms with Crippen LogP contribution in [0.3, 0.4) is 0 Å². The van der Waals surface area contributed by atoms with Crippen LogP contribution in [-0.4, -0.2) is 34.2 Å². The van der Waals surface area contributed by atoms with Crippen molar-refractivity contribution in [2.75, 3.05) is 0 Å². The van der Waals surface area contributed by atoms with Gasteiger partial charge in [0.15, 0.2) is 0 Å². The Morgan fingerprint density at radius 1 is 1.27 bits per heavy atom. The summed E-state index contributed by atoms with van der Waals surface area (Å²) in [5.41, 5.74) is 1.36. The van der Waals surface area contributed by atoms with Gasteiger partial charge in [0, 0.05) is 24.2 Å². The van der Waals surface area contributed by atoms with Crippen LogP contribution in [0.2, 0.25) is 0 Å². The molecular formula is C26H33F2N3O2. The predicted molar refractivity (Wildman–Crippen MR) is 126 cm³/mol. The SMILES string of the molecule is C=C(OC1CC(C(=O)N2C(C)CCC2c2cc(F)cc(F)c2)C1)c1ccc[nH]1.CCCC=N. The number of unbranched alkanes of at least 4 members (excludes halogenated alkanes) is 1. The molecule has 1 aliphatic carbocycles. The molecule has 1 saturated carbocycles. The van der Waals surface area contributed by atoms with Crippen molar-refractivity contribution in [2.24, 2.45) is 5.92 Å². The molecule has 0 spiro atoms. The zero-order valence-electron chi connectivity index (χ0n) is 19.3. The number of likely N-dealkylation sites (tertiary alicyclic amines) is 1. The normalized spacial score (nSPS) is 23.8. The lowest BCUT2D eigenvalue weighted by Gasteiger charge is -2.39. The van der Waals surface area contributed by atoms with Crippen molar-refractivity contribution in [1.29, 1.82) is 5.41 Å². The average molecular weight is 458 g/mol. The van der Waals surface area contributed by atoms with Gasteiger partial charge in [0.2, 0.25) is 5.91 Å². The Morgan fingerprint density at radius 2 is 1.97 bits per heavy atom. The zero-order chi connectivity index (χ0) is 24.0. The number of halogens is 2. The van der Waals surface area contributed by atoms with Crippen molar-refractivity contribution < 1.29 is 18.3 Å². The molecule has 1 saturated heterocycles. The summed E-state index contributed by atoms with van der Waals surface area (Å²) in [7, 11) is 0. The summed E-state index contributed by atoms with van der Waals surface area (Å²) < 4.78 is 33.2. The Bertz CT molecular complexity index is 934. The first-order valence-electron chi connectivity index (χ1n) is 11.6. The Labute approximate surface area is 194 Å². The Kier molecular flexibility index (Phi) is 8.42. The van der Waals surface area contributed by atoms with E-state index in [1.807, 2.05) is 24.0 Å². The van der Waals surface area contributed by atoms with E-state index in [9.17, 15) is 13.6 Å². The van der Waals surface area contributed by atoms with Crippen LogP contribution in [0.25, 0.3) is 5.76 Å². The van der Waals surface area contributed by atoms with E-state index < -0.39 is 11.6 Å². The first-order valence-corrected chi connectivity index (χ1v) is 11.6. The lowest BCUT2D eigenvalue weighted by Crippen LogP contribution is -2.46. The topological polar surface area (TPSA) is 69.2 Å². The van der Waals surface area contributed by atoms with Gasteiger partial charge in [-0.05, 0) is 75.1 Å². The molecule has 2 N–H and O–H groups in total. The highest BCUT2D eigenvalue weighted by molar-refractivity contribution is 5.81. The number of hydrogen-bond donors (Lipinski definition) is 2. The van der Waals surface area contributed by atoms with Crippen LogP contribution in [0, 0.1) is 23.0 Å². The molecule has 0 radical (unpaired) electrons. The first kappa shape index (κ1) is 24.7. The number of ether oxygens (including phenoxy) is 1. The second-order valence-electron chi connectivity index (χ2n) is 8.80. The molecule has 1 aromatic carbocycles. The maximum Gasteiger partial charge on any atom is 0.226 e. The van der Waals surface area contributed by atoms with E-state index in [1.165, 1.54) is 18.3 Å². The molecule has 178 valence electrons. The fourth-order valence-corrected chi connectivity index (χ4v) is 4.44. The number of hydrogen-bond acceptors (Lipinski definition) is 3. The van der Waals surface area contributed by atoms with E-state index in [4.69, 9.17) is 10.1 Å². The largest absolute Gasteiger partial charge is 0.489 e. The van der Waals surface area contributed by atoms with Crippen molar-refractivity contribution in [1.82, 2.24) is 9.88 Å². The molecule has 1 amide bonds. The zero-order valence-corrected chi connectivity index (χ0v) is 19.3. The highest BCUT2D eigenvalue weighted by Gasteiger charge is 2.44. The van der Waals surface area contributed by atoms with E-state index in [-0.39, 0.29) is 30.0 Å². The molecular weight excluding hydrogens is 424 g/mol. The van der Waals surface area contributed by atoms with Gasteiger partial charge in [-0.3, -0.25) is 4.79 Å². The minimum absolute atomic E-state index is 0.0345. The summed E-state index contributed by atoms with van der Waals surface area (Å²) in [5, 5.41) is 6.48. The predicted octanol–water partition coefficient (Wildman–Crippen LogP) is 6.25. The number of carbonyl (C=O) groups excluding carboxylic acids is 1. The highest BCUT2D eigenvalue weighted by Crippen LogP contribution is 2.41. The van der Waals surface area contributed by atoms with Gasteiger partial charge in [-0.15, -0.1) is 0 Å². The van der Waals surface area contributed by atoms with Crippen LogP contribution in [-0.2, 0) is 9.53 Å². The number of benzene rings is 1. The minimum atomic E-state index is -0.609. The maximum atomic E-state index is 13.7. The maximum absolute atomic E-state index is 13.7. The molecule has 2 aliphatic rings. The third-order valence-corrected chi connectivity index (χ3v) is 6.28. The fourth-order valence-electron chi connectivity index (χ4n) is 4.44. The number of aromatic nitrogens is 1. The molecule has 2 unspecified atom stereocenters. The van der Waals surface area contributed by atoms with E-state index in [2.05, 4.69) is 18.5 Å². The van der Waals surface area contributed by atoms with Gasteiger partial charge in [0.1, 0.15) is 23.5 Å². The van der Waals surface area contributed by atoms with Crippen LogP contribution < -0.4 is 0 Å². The molecule has 33 heavy (non-hydrogen) atoms. The van der Waals surface area contributed by atoms with Crippen molar-refractivity contribution >= 4 is 17.9 Å². The number of amides is 1. The second kappa shape index (κ2) is 11.3. The molecule has 1 aromatic heterocycles. The molecule has 7 heteroatoms. The third-order valence-electron chi connectivity index (χ3n) is 6.28. The Morgan fingerprint density at radius 3 is 2.52 bits per heavy atom. The second-order valence-corrected chi connectivity index (χ2v) is 8.80. The van der Waals surface area contributed by atoms with Gasteiger partial charge in [-0.25, -0.2) is 8.78 Å². The van der Waals surface area contributed by atoms with Crippen LogP contribution >= 0.6 is 0 Å². The van der Waals surface area contributed by atoms with E-state index in [0.717, 1.165) is 31.0 Å². The standard InChI is InChI=1S/C22H24F2N2O2.C4H9N/c1-13-5-6-21(15-8-17(23)12-18(24)9-15)26(13)22(27)16-10-19(11-16)28-14(2)20-4-3-7-25-20;1-2-3-4-5/h3-4,7-9,12-13,16,19,21,25H,2,5-6,10-11H2,1H3;4-5H,2-3H2,1H3. The molecule has 4 rings (SSSR count). The summed E-state index contributed by atoms with van der Waals surface area (Å²) in [6, 6.07) is 7.07. The van der Waals surface area contributed by atoms with Crippen molar-refractivity contribution in [2.45, 2.75) is 70.6 Å². The molecule has 2 fully saturated rings. The Balaban J connectivity index is 0.000000555. The number of aromatic amines is 1. The molecule has 0 bridgehead atoms. The van der Waals surface area contributed by atoms with Gasteiger partial charge in [0.25, 0.3) is 0 Å². The van der Waals surface area contributed by atoms with E-state index >= 15 is 0 Å². The van der Waals surface area contributed by atoms with Gasteiger partial charge in [0.05, 0.1) is 11.7 Å². The van der Waals surface area contributed by atoms with E-state index in [1.54, 1.807) is 6.20 Å². The van der Waals surface area contributed by atoms with Crippen molar-refractivity contribution in [3.05, 3.63) is 66.0 Å². The molecule has 2 atom stereocenters. The van der Waals surface area contributed by atoms with Crippen molar-refractivity contribution in [3.8, 4) is 0 Å². The average Bonchev–Trinajstić information content (AvgIpc) is 3.40. The molecule has 2 aromatic rings. The van der Waals surface area contributed by atoms with Gasteiger partial charge in [-0.2, -0.15) is 0 Å². The molecule has 5 nitrogen and oxygen atoms in total. The fraction of sp³-hybridized carbons (Fsp3) is 0.462. The van der Waals surface area contributed by atoms with E-state index in [0.29, 0.717) is 30.6 Å². The number of carbonyl (C=O) groups is 1.